The average molecular weight is 314 g/mol. The van der Waals surface area contributed by atoms with Crippen LogP contribution in [0.1, 0.15) is 51.5 Å². The van der Waals surface area contributed by atoms with E-state index >= 15 is 0 Å². The fourth-order valence-electron chi connectivity index (χ4n) is 1.85. The first-order chi connectivity index (χ1) is 10.0. The second-order valence-electron chi connectivity index (χ2n) is 5.14. The molecule has 0 aromatic heterocycles. The molecule has 0 heterocycles. The van der Waals surface area contributed by atoms with Gasteiger partial charge in [-0.3, -0.25) is 4.18 Å². The summed E-state index contributed by atoms with van der Waals surface area (Å²) in [6, 6.07) is 5.07. The Hall–Kier alpha value is -1.07. The molecule has 0 aliphatic carbocycles. The fourth-order valence-corrected chi connectivity index (χ4v) is 2.91. The van der Waals surface area contributed by atoms with Gasteiger partial charge in [-0.25, -0.2) is 0 Å². The SMILES string of the molecule is CCCCCOc1cc(C)ccc1S(=O)(=O)OCCCC. The van der Waals surface area contributed by atoms with Crippen LogP contribution in [-0.4, -0.2) is 21.6 Å². The minimum Gasteiger partial charge on any atom is -0.492 e. The van der Waals surface area contributed by atoms with Gasteiger partial charge >= 0.3 is 10.1 Å². The molecule has 0 amide bonds. The highest BCUT2D eigenvalue weighted by Crippen LogP contribution is 2.27. The van der Waals surface area contributed by atoms with Gasteiger partial charge < -0.3 is 4.74 Å². The van der Waals surface area contributed by atoms with Crippen LogP contribution in [0.25, 0.3) is 0 Å². The molecular weight excluding hydrogens is 288 g/mol. The molecule has 0 unspecified atom stereocenters. The summed E-state index contributed by atoms with van der Waals surface area (Å²) in [7, 11) is -3.75. The predicted octanol–water partition coefficient (Wildman–Crippen LogP) is 4.07. The molecule has 120 valence electrons. The number of aryl methyl sites for hydroxylation is 1. The first kappa shape index (κ1) is 18.0. The lowest BCUT2D eigenvalue weighted by molar-refractivity contribution is 0.287. The highest BCUT2D eigenvalue weighted by Gasteiger charge is 2.20. The van der Waals surface area contributed by atoms with Crippen molar-refractivity contribution >= 4 is 10.1 Å². The molecule has 5 heteroatoms. The maximum atomic E-state index is 12.2. The molecule has 0 fully saturated rings. The van der Waals surface area contributed by atoms with Crippen molar-refractivity contribution in [2.24, 2.45) is 0 Å². The quantitative estimate of drug-likeness (QED) is 0.482. The van der Waals surface area contributed by atoms with Crippen molar-refractivity contribution < 1.29 is 17.3 Å². The Balaban J connectivity index is 2.84. The monoisotopic (exact) mass is 314 g/mol. The van der Waals surface area contributed by atoms with Crippen molar-refractivity contribution in [2.75, 3.05) is 13.2 Å². The standard InChI is InChI=1S/C16H26O4S/c1-4-6-8-11-19-15-13-14(3)9-10-16(15)21(17,18)20-12-7-5-2/h9-10,13H,4-8,11-12H2,1-3H3. The predicted molar refractivity (Wildman–Crippen MR) is 84.2 cm³/mol. The molecule has 0 N–H and O–H groups in total. The van der Waals surface area contributed by atoms with Crippen molar-refractivity contribution in [2.45, 2.75) is 57.8 Å². The molecular formula is C16H26O4S. The van der Waals surface area contributed by atoms with Crippen LogP contribution in [0.5, 0.6) is 5.75 Å². The Kier molecular flexibility index (Phi) is 7.75. The van der Waals surface area contributed by atoms with Crippen LogP contribution in [0.3, 0.4) is 0 Å². The van der Waals surface area contributed by atoms with E-state index in [1.807, 2.05) is 13.8 Å². The summed E-state index contributed by atoms with van der Waals surface area (Å²) >= 11 is 0. The zero-order valence-corrected chi connectivity index (χ0v) is 14.0. The lowest BCUT2D eigenvalue weighted by Crippen LogP contribution is -2.10. The molecule has 0 saturated heterocycles. The van der Waals surface area contributed by atoms with Crippen LogP contribution in [0.15, 0.2) is 23.1 Å². The van der Waals surface area contributed by atoms with E-state index < -0.39 is 10.1 Å². The maximum absolute atomic E-state index is 12.2. The van der Waals surface area contributed by atoms with Crippen LogP contribution in [0, 0.1) is 6.92 Å². The van der Waals surface area contributed by atoms with Crippen molar-refractivity contribution in [1.29, 1.82) is 0 Å². The molecule has 1 rings (SSSR count). The van der Waals surface area contributed by atoms with E-state index in [4.69, 9.17) is 8.92 Å². The van der Waals surface area contributed by atoms with Gasteiger partial charge in [0.2, 0.25) is 0 Å². The number of benzene rings is 1. The second-order valence-corrected chi connectivity index (χ2v) is 6.72. The van der Waals surface area contributed by atoms with Gasteiger partial charge in [0.15, 0.2) is 0 Å². The number of hydrogen-bond acceptors (Lipinski definition) is 4. The molecule has 4 nitrogen and oxygen atoms in total. The van der Waals surface area contributed by atoms with Crippen LogP contribution < -0.4 is 4.74 Å². The zero-order chi connectivity index (χ0) is 15.7. The van der Waals surface area contributed by atoms with Gasteiger partial charge in [-0.05, 0) is 37.5 Å². The summed E-state index contributed by atoms with van der Waals surface area (Å²) < 4.78 is 35.2. The number of rotatable bonds is 10. The molecule has 0 bridgehead atoms. The van der Waals surface area contributed by atoms with E-state index in [2.05, 4.69) is 6.92 Å². The lowest BCUT2D eigenvalue weighted by atomic mass is 10.2. The van der Waals surface area contributed by atoms with E-state index in [0.717, 1.165) is 37.7 Å². The van der Waals surface area contributed by atoms with Gasteiger partial charge in [0.1, 0.15) is 10.6 Å². The molecule has 1 aromatic carbocycles. The third kappa shape index (κ3) is 6.06. The van der Waals surface area contributed by atoms with Crippen LogP contribution in [0.2, 0.25) is 0 Å². The topological polar surface area (TPSA) is 52.6 Å². The first-order valence-electron chi connectivity index (χ1n) is 7.64. The van der Waals surface area contributed by atoms with E-state index in [1.54, 1.807) is 18.2 Å². The lowest BCUT2D eigenvalue weighted by Gasteiger charge is -2.13. The minimum atomic E-state index is -3.75. The second kappa shape index (κ2) is 9.05. The van der Waals surface area contributed by atoms with Gasteiger partial charge in [-0.1, -0.05) is 39.2 Å². The molecule has 0 radical (unpaired) electrons. The molecule has 1 aromatic rings. The van der Waals surface area contributed by atoms with Crippen molar-refractivity contribution in [3.8, 4) is 5.75 Å². The van der Waals surface area contributed by atoms with Crippen LogP contribution in [0.4, 0.5) is 0 Å². The summed E-state index contributed by atoms with van der Waals surface area (Å²) in [5.41, 5.74) is 0.966. The Morgan fingerprint density at radius 3 is 2.38 bits per heavy atom. The minimum absolute atomic E-state index is 0.126. The van der Waals surface area contributed by atoms with Gasteiger partial charge in [-0.2, -0.15) is 8.42 Å². The van der Waals surface area contributed by atoms with Gasteiger partial charge in [0, 0.05) is 0 Å². The molecule has 0 aliphatic rings. The van der Waals surface area contributed by atoms with Crippen LogP contribution in [-0.2, 0) is 14.3 Å². The van der Waals surface area contributed by atoms with Gasteiger partial charge in [-0.15, -0.1) is 0 Å². The Morgan fingerprint density at radius 1 is 1.00 bits per heavy atom. The Morgan fingerprint density at radius 2 is 1.71 bits per heavy atom. The van der Waals surface area contributed by atoms with E-state index in [9.17, 15) is 8.42 Å². The summed E-state index contributed by atoms with van der Waals surface area (Å²) in [6.07, 6.45) is 4.70. The highest BCUT2D eigenvalue weighted by atomic mass is 32.2. The number of hydrogen-bond donors (Lipinski definition) is 0. The van der Waals surface area contributed by atoms with Crippen molar-refractivity contribution in [3.05, 3.63) is 23.8 Å². The van der Waals surface area contributed by atoms with Crippen molar-refractivity contribution in [1.82, 2.24) is 0 Å². The summed E-state index contributed by atoms with van der Waals surface area (Å²) in [5.74, 6) is 0.391. The summed E-state index contributed by atoms with van der Waals surface area (Å²) in [5, 5.41) is 0. The van der Waals surface area contributed by atoms with E-state index in [1.165, 1.54) is 0 Å². The zero-order valence-electron chi connectivity index (χ0n) is 13.2. The normalized spacial score (nSPS) is 11.6. The van der Waals surface area contributed by atoms with Crippen LogP contribution >= 0.6 is 0 Å². The van der Waals surface area contributed by atoms with Gasteiger partial charge in [0.05, 0.1) is 13.2 Å². The fraction of sp³-hybridized carbons (Fsp3) is 0.625. The number of ether oxygens (including phenoxy) is 1. The summed E-state index contributed by atoms with van der Waals surface area (Å²) in [4.78, 5) is 0.126. The van der Waals surface area contributed by atoms with Crippen molar-refractivity contribution in [3.63, 3.8) is 0 Å². The molecule has 21 heavy (non-hydrogen) atoms. The summed E-state index contributed by atoms with van der Waals surface area (Å²) in [6.45, 7) is 6.75. The van der Waals surface area contributed by atoms with E-state index in [0.29, 0.717) is 12.4 Å². The third-order valence-electron chi connectivity index (χ3n) is 3.11. The average Bonchev–Trinajstić information content (AvgIpc) is 2.43. The maximum Gasteiger partial charge on any atom is 0.300 e. The molecule has 0 aliphatic heterocycles. The number of unbranched alkanes of at least 4 members (excludes halogenated alkanes) is 3. The first-order valence-corrected chi connectivity index (χ1v) is 9.05. The highest BCUT2D eigenvalue weighted by molar-refractivity contribution is 7.86. The smallest absolute Gasteiger partial charge is 0.300 e. The largest absolute Gasteiger partial charge is 0.492 e. The Labute approximate surface area is 128 Å². The molecule has 0 atom stereocenters. The molecule has 0 spiro atoms. The van der Waals surface area contributed by atoms with Gasteiger partial charge in [0.25, 0.3) is 0 Å². The molecule has 0 saturated carbocycles. The third-order valence-corrected chi connectivity index (χ3v) is 4.46. The van der Waals surface area contributed by atoms with E-state index in [-0.39, 0.29) is 11.5 Å². The Bertz CT molecular complexity index is 523.